The topological polar surface area (TPSA) is 64.4 Å². The first kappa shape index (κ1) is 12.7. The Morgan fingerprint density at radius 1 is 1.33 bits per heavy atom. The van der Waals surface area contributed by atoms with Crippen molar-refractivity contribution in [2.24, 2.45) is 0 Å². The summed E-state index contributed by atoms with van der Waals surface area (Å²) in [4.78, 5) is 10.7. The Hall–Kier alpha value is -1.78. The van der Waals surface area contributed by atoms with Crippen LogP contribution < -0.4 is 10.1 Å². The lowest BCUT2D eigenvalue weighted by Crippen LogP contribution is -2.22. The van der Waals surface area contributed by atoms with Crippen LogP contribution in [0.25, 0.3) is 0 Å². The SMILES string of the molecule is COc1ccc(NC2CCCCC2)c([N+](=O)[O-])c1. The largest absolute Gasteiger partial charge is 0.496 e. The van der Waals surface area contributed by atoms with Gasteiger partial charge in [0.25, 0.3) is 5.69 Å². The molecule has 0 bridgehead atoms. The normalized spacial score (nSPS) is 16.3. The van der Waals surface area contributed by atoms with Crippen molar-refractivity contribution in [3.8, 4) is 5.75 Å². The van der Waals surface area contributed by atoms with Crippen molar-refractivity contribution < 1.29 is 9.66 Å². The molecule has 5 heteroatoms. The summed E-state index contributed by atoms with van der Waals surface area (Å²) in [6.07, 6.45) is 5.83. The van der Waals surface area contributed by atoms with Crippen molar-refractivity contribution in [1.29, 1.82) is 0 Å². The molecule has 1 aromatic carbocycles. The zero-order chi connectivity index (χ0) is 13.0. The molecule has 18 heavy (non-hydrogen) atoms. The maximum Gasteiger partial charge on any atom is 0.296 e. The van der Waals surface area contributed by atoms with Crippen LogP contribution in [0.15, 0.2) is 18.2 Å². The van der Waals surface area contributed by atoms with Gasteiger partial charge in [-0.25, -0.2) is 0 Å². The van der Waals surface area contributed by atoms with E-state index in [9.17, 15) is 10.1 Å². The van der Waals surface area contributed by atoms with Gasteiger partial charge in [-0.3, -0.25) is 10.1 Å². The highest BCUT2D eigenvalue weighted by molar-refractivity contribution is 5.64. The Kier molecular flexibility index (Phi) is 4.02. The van der Waals surface area contributed by atoms with Crippen LogP contribution in [0.1, 0.15) is 32.1 Å². The van der Waals surface area contributed by atoms with Gasteiger partial charge in [-0.1, -0.05) is 19.3 Å². The predicted molar refractivity (Wildman–Crippen MR) is 70.1 cm³/mol. The fourth-order valence-electron chi connectivity index (χ4n) is 2.38. The molecule has 1 aliphatic rings. The summed E-state index contributed by atoms with van der Waals surface area (Å²) in [6, 6.07) is 5.29. The van der Waals surface area contributed by atoms with Gasteiger partial charge in [-0.2, -0.15) is 0 Å². The van der Waals surface area contributed by atoms with Crippen LogP contribution in [0.3, 0.4) is 0 Å². The summed E-state index contributed by atoms with van der Waals surface area (Å²) >= 11 is 0. The number of anilines is 1. The van der Waals surface area contributed by atoms with Crippen molar-refractivity contribution in [3.05, 3.63) is 28.3 Å². The second-order valence-corrected chi connectivity index (χ2v) is 4.62. The summed E-state index contributed by atoms with van der Waals surface area (Å²) in [5.41, 5.74) is 0.674. The Morgan fingerprint density at radius 3 is 2.67 bits per heavy atom. The molecule has 0 saturated heterocycles. The van der Waals surface area contributed by atoms with Crippen LogP contribution in [0, 0.1) is 10.1 Å². The quantitative estimate of drug-likeness (QED) is 0.657. The van der Waals surface area contributed by atoms with Crippen LogP contribution in [0.2, 0.25) is 0 Å². The first-order valence-corrected chi connectivity index (χ1v) is 6.29. The molecule has 98 valence electrons. The maximum atomic E-state index is 11.0. The van der Waals surface area contributed by atoms with Gasteiger partial charge in [-0.05, 0) is 25.0 Å². The highest BCUT2D eigenvalue weighted by Crippen LogP contribution is 2.31. The van der Waals surface area contributed by atoms with Crippen molar-refractivity contribution in [1.82, 2.24) is 0 Å². The molecule has 5 nitrogen and oxygen atoms in total. The third-order valence-electron chi connectivity index (χ3n) is 3.37. The first-order valence-electron chi connectivity index (χ1n) is 6.29. The van der Waals surface area contributed by atoms with Gasteiger partial charge >= 0.3 is 0 Å². The number of methoxy groups -OCH3 is 1. The van der Waals surface area contributed by atoms with Crippen LogP contribution in [-0.4, -0.2) is 18.1 Å². The van der Waals surface area contributed by atoms with E-state index >= 15 is 0 Å². The molecule has 0 aliphatic heterocycles. The van der Waals surface area contributed by atoms with Crippen LogP contribution in [0.5, 0.6) is 5.75 Å². The summed E-state index contributed by atoms with van der Waals surface area (Å²) < 4.78 is 5.02. The Morgan fingerprint density at radius 2 is 2.06 bits per heavy atom. The monoisotopic (exact) mass is 250 g/mol. The summed E-state index contributed by atoms with van der Waals surface area (Å²) in [7, 11) is 1.51. The van der Waals surface area contributed by atoms with E-state index in [0.29, 0.717) is 17.5 Å². The molecule has 0 amide bonds. The van der Waals surface area contributed by atoms with E-state index in [1.165, 1.54) is 32.4 Å². The van der Waals surface area contributed by atoms with Gasteiger partial charge in [0.2, 0.25) is 0 Å². The number of benzene rings is 1. The van der Waals surface area contributed by atoms with Crippen LogP contribution in [0.4, 0.5) is 11.4 Å². The molecule has 0 atom stereocenters. The lowest BCUT2D eigenvalue weighted by atomic mass is 9.95. The first-order chi connectivity index (χ1) is 8.70. The highest BCUT2D eigenvalue weighted by atomic mass is 16.6. The van der Waals surface area contributed by atoms with Gasteiger partial charge in [0, 0.05) is 6.04 Å². The minimum absolute atomic E-state index is 0.0833. The molecule has 0 unspecified atom stereocenters. The molecule has 0 radical (unpaired) electrons. The zero-order valence-corrected chi connectivity index (χ0v) is 10.5. The van der Waals surface area contributed by atoms with E-state index < -0.39 is 0 Å². The van der Waals surface area contributed by atoms with Crippen molar-refractivity contribution >= 4 is 11.4 Å². The number of nitro groups is 1. The molecule has 1 saturated carbocycles. The summed E-state index contributed by atoms with van der Waals surface area (Å²) in [5, 5.41) is 14.3. The number of hydrogen-bond acceptors (Lipinski definition) is 4. The lowest BCUT2D eigenvalue weighted by Gasteiger charge is -2.23. The van der Waals surface area contributed by atoms with Gasteiger partial charge in [0.15, 0.2) is 0 Å². The fraction of sp³-hybridized carbons (Fsp3) is 0.538. The zero-order valence-electron chi connectivity index (χ0n) is 10.5. The summed E-state index contributed by atoms with van der Waals surface area (Å²) in [5.74, 6) is 0.510. The van der Waals surface area contributed by atoms with E-state index in [2.05, 4.69) is 5.32 Å². The van der Waals surface area contributed by atoms with Gasteiger partial charge < -0.3 is 10.1 Å². The Labute approximate surface area is 106 Å². The minimum Gasteiger partial charge on any atom is -0.496 e. The molecular formula is C13H18N2O3. The second kappa shape index (κ2) is 5.71. The molecule has 0 spiro atoms. The van der Waals surface area contributed by atoms with Gasteiger partial charge in [-0.15, -0.1) is 0 Å². The average Bonchev–Trinajstić information content (AvgIpc) is 2.40. The fourth-order valence-corrected chi connectivity index (χ4v) is 2.38. The standard InChI is InChI=1S/C13H18N2O3/c1-18-11-7-8-12(13(9-11)15(16)17)14-10-5-3-2-4-6-10/h7-10,14H,2-6H2,1H3. The molecular weight excluding hydrogens is 232 g/mol. The van der Waals surface area contributed by atoms with Crippen molar-refractivity contribution in [3.63, 3.8) is 0 Å². The predicted octanol–water partition coefficient (Wildman–Crippen LogP) is 3.35. The molecule has 1 N–H and O–H groups in total. The third kappa shape index (κ3) is 2.91. The maximum absolute atomic E-state index is 11.0. The number of nitrogens with zero attached hydrogens (tertiary/aromatic N) is 1. The van der Waals surface area contributed by atoms with Gasteiger partial charge in [0.1, 0.15) is 11.4 Å². The van der Waals surface area contributed by atoms with E-state index in [4.69, 9.17) is 4.74 Å². The average molecular weight is 250 g/mol. The number of nitrogens with one attached hydrogen (secondary N) is 1. The van der Waals surface area contributed by atoms with Crippen LogP contribution >= 0.6 is 0 Å². The Balaban J connectivity index is 2.17. The third-order valence-corrected chi connectivity index (χ3v) is 3.37. The number of rotatable bonds is 4. The van der Waals surface area contributed by atoms with E-state index in [-0.39, 0.29) is 10.6 Å². The summed E-state index contributed by atoms with van der Waals surface area (Å²) in [6.45, 7) is 0. The molecule has 0 aromatic heterocycles. The molecule has 1 aliphatic carbocycles. The molecule has 1 fully saturated rings. The minimum atomic E-state index is -0.367. The van der Waals surface area contributed by atoms with Crippen LogP contribution in [-0.2, 0) is 0 Å². The lowest BCUT2D eigenvalue weighted by molar-refractivity contribution is -0.384. The highest BCUT2D eigenvalue weighted by Gasteiger charge is 2.19. The van der Waals surface area contributed by atoms with Crippen molar-refractivity contribution in [2.45, 2.75) is 38.1 Å². The number of ether oxygens (including phenoxy) is 1. The molecule has 2 rings (SSSR count). The Bertz CT molecular complexity index is 428. The molecule has 1 aromatic rings. The van der Waals surface area contributed by atoms with E-state index in [0.717, 1.165) is 12.8 Å². The molecule has 0 heterocycles. The van der Waals surface area contributed by atoms with E-state index in [1.807, 2.05) is 0 Å². The van der Waals surface area contributed by atoms with E-state index in [1.54, 1.807) is 12.1 Å². The van der Waals surface area contributed by atoms with Crippen molar-refractivity contribution in [2.75, 3.05) is 12.4 Å². The smallest absolute Gasteiger partial charge is 0.296 e. The van der Waals surface area contributed by atoms with Gasteiger partial charge in [0.05, 0.1) is 18.1 Å². The number of nitro benzene ring substituents is 1. The number of hydrogen-bond donors (Lipinski definition) is 1. The second-order valence-electron chi connectivity index (χ2n) is 4.62.